The van der Waals surface area contributed by atoms with Crippen molar-refractivity contribution >= 4 is 11.6 Å². The van der Waals surface area contributed by atoms with Gasteiger partial charge in [-0.05, 0) is 12.1 Å². The lowest BCUT2D eigenvalue weighted by Gasteiger charge is -2.18. The largest absolute Gasteiger partial charge is 0.504 e. The van der Waals surface area contributed by atoms with E-state index in [-0.39, 0.29) is 30.5 Å². The minimum absolute atomic E-state index is 0. The molecule has 2 aliphatic rings. The van der Waals surface area contributed by atoms with Crippen molar-refractivity contribution in [3.63, 3.8) is 0 Å². The Morgan fingerprint density at radius 3 is 1.76 bits per heavy atom. The van der Waals surface area contributed by atoms with Crippen LogP contribution in [-0.2, 0) is 0 Å². The van der Waals surface area contributed by atoms with Crippen molar-refractivity contribution < 1.29 is 38.7 Å². The molecule has 156 valence electrons. The first-order valence-electron chi connectivity index (χ1n) is 8.58. The molecule has 2 aromatic rings. The van der Waals surface area contributed by atoms with Crippen molar-refractivity contribution in [1.82, 2.24) is 0 Å². The third-order valence-corrected chi connectivity index (χ3v) is 4.34. The monoisotopic (exact) mass is 404 g/mol. The molecule has 0 atom stereocenters. The Labute approximate surface area is 168 Å². The van der Waals surface area contributed by atoms with Gasteiger partial charge in [0.1, 0.15) is 11.5 Å². The minimum Gasteiger partial charge on any atom is -0.504 e. The molecule has 0 aromatic heterocycles. The fraction of sp³-hybridized carbons (Fsp3) is 0.333. The van der Waals surface area contributed by atoms with Gasteiger partial charge in [0.15, 0.2) is 34.6 Å². The lowest BCUT2D eigenvalue weighted by atomic mass is 10.0. The molecule has 0 saturated heterocycles. The quantitative estimate of drug-likeness (QED) is 0.733. The van der Waals surface area contributed by atoms with E-state index in [4.69, 9.17) is 29.2 Å². The summed E-state index contributed by atoms with van der Waals surface area (Å²) in [5.41, 5.74) is 0.903. The number of phenolic OH excluding ortho intramolecular Hbond substituents is 2. The topological polar surface area (TPSA) is 112 Å². The molecule has 2 aromatic carbocycles. The summed E-state index contributed by atoms with van der Waals surface area (Å²) in [6, 6.07) is 5.83. The first-order valence-corrected chi connectivity index (χ1v) is 8.58. The predicted octanol–water partition coefficient (Wildman–Crippen LogP) is 3.37. The second-order valence-electron chi connectivity index (χ2n) is 6.08. The van der Waals surface area contributed by atoms with Gasteiger partial charge in [-0.25, -0.2) is 0 Å². The van der Waals surface area contributed by atoms with Crippen LogP contribution in [0.3, 0.4) is 0 Å². The predicted molar refractivity (Wildman–Crippen MR) is 105 cm³/mol. The molecule has 8 nitrogen and oxygen atoms in total. The van der Waals surface area contributed by atoms with Crippen LogP contribution in [0.2, 0.25) is 0 Å². The number of carbonyl (C=O) groups is 2. The van der Waals surface area contributed by atoms with Crippen molar-refractivity contribution in [3.05, 3.63) is 35.4 Å². The van der Waals surface area contributed by atoms with Gasteiger partial charge < -0.3 is 29.2 Å². The molecule has 2 N–H and O–H groups in total. The number of carbonyl (C=O) groups excluding carboxylic acids is 2. The standard InChI is InChI=1S/C11H12O4.C9H8O4.CH4/c1-13-10-5-7-8(12)3-4-15-9(7)6-11(10)14-2;10-6-1-2-13-9-4-8(12)7(11)3-5(6)9;/h5-6H,3-4H2,1-2H3;3-4,11-12H,1-2H2;1H4. The number of methoxy groups -OCH3 is 2. The molecule has 8 heteroatoms. The minimum atomic E-state index is -0.294. The van der Waals surface area contributed by atoms with Gasteiger partial charge in [0, 0.05) is 25.0 Å². The number of Topliss-reactive ketones (excluding diaryl/α,β-unsaturated/α-hetero) is 2. The summed E-state index contributed by atoms with van der Waals surface area (Å²) < 4.78 is 20.8. The zero-order chi connectivity index (χ0) is 20.3. The first-order chi connectivity index (χ1) is 13.4. The molecule has 0 fully saturated rings. The number of aromatic hydroxyl groups is 2. The van der Waals surface area contributed by atoms with Gasteiger partial charge >= 0.3 is 0 Å². The van der Waals surface area contributed by atoms with Crippen LogP contribution in [0, 0.1) is 0 Å². The highest BCUT2D eigenvalue weighted by molar-refractivity contribution is 6.00. The van der Waals surface area contributed by atoms with E-state index in [1.165, 1.54) is 12.1 Å². The molecule has 0 radical (unpaired) electrons. The number of benzene rings is 2. The van der Waals surface area contributed by atoms with Gasteiger partial charge in [0.2, 0.25) is 0 Å². The summed E-state index contributed by atoms with van der Waals surface area (Å²) in [6.07, 6.45) is 0.736. The molecule has 0 aliphatic carbocycles. The van der Waals surface area contributed by atoms with Crippen molar-refractivity contribution in [2.45, 2.75) is 20.3 Å². The number of rotatable bonds is 2. The third kappa shape index (κ3) is 4.53. The molecular weight excluding hydrogens is 380 g/mol. The molecule has 0 bridgehead atoms. The molecule has 2 heterocycles. The average Bonchev–Trinajstić information content (AvgIpc) is 2.69. The Balaban J connectivity index is 0.000000202. The molecular formula is C21H24O8. The number of phenols is 2. The Bertz CT molecular complexity index is 919. The van der Waals surface area contributed by atoms with E-state index in [0.29, 0.717) is 60.2 Å². The van der Waals surface area contributed by atoms with Gasteiger partial charge in [0.05, 0.1) is 38.6 Å². The highest BCUT2D eigenvalue weighted by Crippen LogP contribution is 2.37. The maximum atomic E-state index is 11.6. The van der Waals surface area contributed by atoms with Gasteiger partial charge in [-0.15, -0.1) is 0 Å². The molecule has 29 heavy (non-hydrogen) atoms. The van der Waals surface area contributed by atoms with Crippen LogP contribution in [0.1, 0.15) is 41.0 Å². The Morgan fingerprint density at radius 1 is 0.759 bits per heavy atom. The maximum absolute atomic E-state index is 11.6. The SMILES string of the molecule is C.COc1cc2c(cc1OC)C(=O)CCO2.O=C1CCOc2cc(O)c(O)cc21. The van der Waals surface area contributed by atoms with Crippen LogP contribution in [-0.4, -0.2) is 49.2 Å². The third-order valence-electron chi connectivity index (χ3n) is 4.34. The van der Waals surface area contributed by atoms with Crippen LogP contribution in [0.4, 0.5) is 0 Å². The Hall–Kier alpha value is -3.42. The molecule has 2 aliphatic heterocycles. The second kappa shape index (κ2) is 9.18. The highest BCUT2D eigenvalue weighted by atomic mass is 16.5. The fourth-order valence-electron chi connectivity index (χ4n) is 2.87. The Morgan fingerprint density at radius 2 is 1.21 bits per heavy atom. The van der Waals surface area contributed by atoms with Crippen molar-refractivity contribution in [1.29, 1.82) is 0 Å². The van der Waals surface area contributed by atoms with Gasteiger partial charge in [-0.1, -0.05) is 7.43 Å². The van der Waals surface area contributed by atoms with Crippen LogP contribution >= 0.6 is 0 Å². The summed E-state index contributed by atoms with van der Waals surface area (Å²) in [6.45, 7) is 0.761. The van der Waals surface area contributed by atoms with Gasteiger partial charge in [-0.3, -0.25) is 9.59 Å². The fourth-order valence-corrected chi connectivity index (χ4v) is 2.87. The number of ketones is 2. The van der Waals surface area contributed by atoms with Crippen molar-refractivity contribution in [2.24, 2.45) is 0 Å². The highest BCUT2D eigenvalue weighted by Gasteiger charge is 2.22. The van der Waals surface area contributed by atoms with Crippen LogP contribution < -0.4 is 18.9 Å². The van der Waals surface area contributed by atoms with E-state index in [1.54, 1.807) is 26.4 Å². The molecule has 0 spiro atoms. The number of hydrogen-bond donors (Lipinski definition) is 2. The average molecular weight is 404 g/mol. The smallest absolute Gasteiger partial charge is 0.170 e. The van der Waals surface area contributed by atoms with Crippen LogP contribution in [0.15, 0.2) is 24.3 Å². The van der Waals surface area contributed by atoms with E-state index in [0.717, 1.165) is 0 Å². The number of hydrogen-bond acceptors (Lipinski definition) is 8. The summed E-state index contributed by atoms with van der Waals surface area (Å²) in [4.78, 5) is 22.9. The summed E-state index contributed by atoms with van der Waals surface area (Å²) in [5, 5.41) is 18.3. The zero-order valence-corrected chi connectivity index (χ0v) is 15.5. The van der Waals surface area contributed by atoms with Crippen LogP contribution in [0.5, 0.6) is 34.5 Å². The summed E-state index contributed by atoms with van der Waals surface area (Å²) in [7, 11) is 3.09. The van der Waals surface area contributed by atoms with Crippen molar-refractivity contribution in [2.75, 3.05) is 27.4 Å². The number of fused-ring (bicyclic) bond motifs is 2. The lowest BCUT2D eigenvalue weighted by molar-refractivity contribution is 0.0923. The summed E-state index contributed by atoms with van der Waals surface area (Å²) >= 11 is 0. The van der Waals surface area contributed by atoms with E-state index in [1.807, 2.05) is 0 Å². The maximum Gasteiger partial charge on any atom is 0.170 e. The van der Waals surface area contributed by atoms with E-state index in [2.05, 4.69) is 0 Å². The van der Waals surface area contributed by atoms with Crippen molar-refractivity contribution in [3.8, 4) is 34.5 Å². The van der Waals surface area contributed by atoms with Crippen LogP contribution in [0.25, 0.3) is 0 Å². The normalized spacial score (nSPS) is 14.0. The molecule has 0 amide bonds. The van der Waals surface area contributed by atoms with E-state index < -0.39 is 0 Å². The zero-order valence-electron chi connectivity index (χ0n) is 15.5. The van der Waals surface area contributed by atoms with Gasteiger partial charge in [-0.2, -0.15) is 0 Å². The van der Waals surface area contributed by atoms with E-state index >= 15 is 0 Å². The lowest BCUT2D eigenvalue weighted by Crippen LogP contribution is -2.15. The summed E-state index contributed by atoms with van der Waals surface area (Å²) in [5.74, 6) is 1.48. The molecule has 0 unspecified atom stereocenters. The molecule has 4 rings (SSSR count). The second-order valence-corrected chi connectivity index (χ2v) is 6.08. The van der Waals surface area contributed by atoms with Gasteiger partial charge in [0.25, 0.3) is 0 Å². The van der Waals surface area contributed by atoms with E-state index in [9.17, 15) is 9.59 Å². The molecule has 0 saturated carbocycles. The number of ether oxygens (including phenoxy) is 4. The first kappa shape index (κ1) is 21.9. The Kier molecular flexibility index (Phi) is 6.93.